The highest BCUT2D eigenvalue weighted by Gasteiger charge is 2.09. The zero-order valence-electron chi connectivity index (χ0n) is 8.99. The highest BCUT2D eigenvalue weighted by atomic mass is 79.9. The summed E-state index contributed by atoms with van der Waals surface area (Å²) in [6, 6.07) is 10.2. The molecule has 2 aromatic carbocycles. The average Bonchev–Trinajstić information content (AvgIpc) is 2.37. The predicted molar refractivity (Wildman–Crippen MR) is 76.1 cm³/mol. The van der Waals surface area contributed by atoms with Crippen LogP contribution in [0, 0.1) is 0 Å². The third kappa shape index (κ3) is 2.86. The average molecular weight is 346 g/mol. The first-order chi connectivity index (χ1) is 8.61. The van der Waals surface area contributed by atoms with Gasteiger partial charge in [-0.25, -0.2) is 0 Å². The first-order valence-electron chi connectivity index (χ1n) is 4.98. The molecule has 0 N–H and O–H groups in total. The number of hydrogen-bond donors (Lipinski definition) is 0. The third-order valence-electron chi connectivity index (χ3n) is 2.23. The molecule has 0 saturated heterocycles. The molecule has 0 spiro atoms. The molecule has 0 unspecified atom stereocenters. The van der Waals surface area contributed by atoms with Gasteiger partial charge in [-0.05, 0) is 46.3 Å². The van der Waals surface area contributed by atoms with Gasteiger partial charge in [0.15, 0.2) is 0 Å². The number of carbonyl (C=O) groups is 1. The molecule has 0 atom stereocenters. The number of halogens is 3. The smallest absolute Gasteiger partial charge is 0.150 e. The highest BCUT2D eigenvalue weighted by molar-refractivity contribution is 9.10. The van der Waals surface area contributed by atoms with E-state index in [9.17, 15) is 4.79 Å². The maximum absolute atomic E-state index is 10.6. The molecule has 0 saturated carbocycles. The molecule has 2 rings (SSSR count). The minimum atomic E-state index is 0.352. The lowest BCUT2D eigenvalue weighted by molar-refractivity contribution is 0.112. The summed E-state index contributed by atoms with van der Waals surface area (Å²) in [5.74, 6) is 1.02. The summed E-state index contributed by atoms with van der Waals surface area (Å²) >= 11 is 15.3. The van der Waals surface area contributed by atoms with E-state index in [1.54, 1.807) is 36.4 Å². The van der Waals surface area contributed by atoms with Crippen LogP contribution in [0.1, 0.15) is 10.4 Å². The van der Waals surface area contributed by atoms with Crippen molar-refractivity contribution in [3.8, 4) is 11.5 Å². The van der Waals surface area contributed by atoms with Gasteiger partial charge in [-0.1, -0.05) is 29.3 Å². The molecule has 92 valence electrons. The normalized spacial score (nSPS) is 10.2. The standard InChI is InChI=1S/C13H7BrCl2O2/c14-9-6-8(7-17)4-5-11(9)18-12-3-1-2-10(15)13(12)16/h1-7H. The molecule has 18 heavy (non-hydrogen) atoms. The summed E-state index contributed by atoms with van der Waals surface area (Å²) in [5, 5.41) is 0.778. The Labute approximate surface area is 123 Å². The second-order valence-electron chi connectivity index (χ2n) is 3.46. The topological polar surface area (TPSA) is 26.3 Å². The van der Waals surface area contributed by atoms with E-state index >= 15 is 0 Å². The Morgan fingerprint density at radius 1 is 1.11 bits per heavy atom. The molecule has 0 radical (unpaired) electrons. The van der Waals surface area contributed by atoms with Crippen molar-refractivity contribution in [2.45, 2.75) is 0 Å². The molecule has 0 aliphatic carbocycles. The fourth-order valence-electron chi connectivity index (χ4n) is 1.35. The minimum absolute atomic E-state index is 0.352. The van der Waals surface area contributed by atoms with Crippen LogP contribution in [0.25, 0.3) is 0 Å². The summed E-state index contributed by atoms with van der Waals surface area (Å²) in [5.41, 5.74) is 0.561. The number of ether oxygens (including phenoxy) is 1. The van der Waals surface area contributed by atoms with Crippen LogP contribution in [-0.4, -0.2) is 6.29 Å². The number of hydrogen-bond acceptors (Lipinski definition) is 2. The van der Waals surface area contributed by atoms with E-state index in [4.69, 9.17) is 27.9 Å². The molecular formula is C13H7BrCl2O2. The van der Waals surface area contributed by atoms with Crippen molar-refractivity contribution in [2.75, 3.05) is 0 Å². The van der Waals surface area contributed by atoms with Crippen LogP contribution in [-0.2, 0) is 0 Å². The second kappa shape index (κ2) is 5.74. The molecule has 0 amide bonds. The lowest BCUT2D eigenvalue weighted by atomic mass is 10.2. The van der Waals surface area contributed by atoms with Crippen molar-refractivity contribution in [3.63, 3.8) is 0 Å². The first kappa shape index (κ1) is 13.4. The van der Waals surface area contributed by atoms with Gasteiger partial charge in [0.2, 0.25) is 0 Å². The van der Waals surface area contributed by atoms with E-state index in [0.29, 0.717) is 31.6 Å². The van der Waals surface area contributed by atoms with Gasteiger partial charge in [0, 0.05) is 5.56 Å². The molecular weight excluding hydrogens is 339 g/mol. The van der Waals surface area contributed by atoms with E-state index in [0.717, 1.165) is 6.29 Å². The summed E-state index contributed by atoms with van der Waals surface area (Å²) < 4.78 is 6.31. The van der Waals surface area contributed by atoms with Gasteiger partial charge in [-0.15, -0.1) is 0 Å². The zero-order valence-corrected chi connectivity index (χ0v) is 12.1. The van der Waals surface area contributed by atoms with Gasteiger partial charge < -0.3 is 4.74 Å². The lowest BCUT2D eigenvalue weighted by Gasteiger charge is -2.10. The van der Waals surface area contributed by atoms with Crippen molar-refractivity contribution in [1.29, 1.82) is 0 Å². The number of benzene rings is 2. The molecule has 5 heteroatoms. The monoisotopic (exact) mass is 344 g/mol. The van der Waals surface area contributed by atoms with Crippen LogP contribution in [0.2, 0.25) is 10.0 Å². The van der Waals surface area contributed by atoms with E-state index in [2.05, 4.69) is 15.9 Å². The van der Waals surface area contributed by atoms with Crippen molar-refractivity contribution in [3.05, 3.63) is 56.5 Å². The Bertz CT molecular complexity index is 600. The summed E-state index contributed by atoms with van der Waals surface area (Å²) in [7, 11) is 0. The molecule has 0 aromatic heterocycles. The van der Waals surface area contributed by atoms with Gasteiger partial charge in [0.1, 0.15) is 22.8 Å². The second-order valence-corrected chi connectivity index (χ2v) is 5.10. The Kier molecular flexibility index (Phi) is 4.27. The van der Waals surface area contributed by atoms with Crippen molar-refractivity contribution in [1.82, 2.24) is 0 Å². The van der Waals surface area contributed by atoms with Crippen LogP contribution in [0.3, 0.4) is 0 Å². The summed E-state index contributed by atoms with van der Waals surface area (Å²) in [6.45, 7) is 0. The molecule has 0 aliphatic rings. The van der Waals surface area contributed by atoms with Crippen LogP contribution in [0.5, 0.6) is 11.5 Å². The van der Waals surface area contributed by atoms with Crippen LogP contribution in [0.15, 0.2) is 40.9 Å². The summed E-state index contributed by atoms with van der Waals surface area (Å²) in [4.78, 5) is 10.6. The molecule has 2 nitrogen and oxygen atoms in total. The van der Waals surface area contributed by atoms with Gasteiger partial charge >= 0.3 is 0 Å². The quantitative estimate of drug-likeness (QED) is 0.700. The Hall–Kier alpha value is -1.03. The van der Waals surface area contributed by atoms with Crippen LogP contribution in [0.4, 0.5) is 0 Å². The largest absolute Gasteiger partial charge is 0.455 e. The van der Waals surface area contributed by atoms with Gasteiger partial charge in [0.05, 0.1) is 9.50 Å². The van der Waals surface area contributed by atoms with E-state index in [-0.39, 0.29) is 0 Å². The molecule has 0 bridgehead atoms. The minimum Gasteiger partial charge on any atom is -0.455 e. The van der Waals surface area contributed by atoms with E-state index < -0.39 is 0 Å². The Morgan fingerprint density at radius 3 is 2.56 bits per heavy atom. The lowest BCUT2D eigenvalue weighted by Crippen LogP contribution is -1.88. The number of rotatable bonds is 3. The van der Waals surface area contributed by atoms with Crippen molar-refractivity contribution < 1.29 is 9.53 Å². The highest BCUT2D eigenvalue weighted by Crippen LogP contribution is 2.37. The Morgan fingerprint density at radius 2 is 1.89 bits per heavy atom. The van der Waals surface area contributed by atoms with Crippen molar-refractivity contribution in [2.24, 2.45) is 0 Å². The van der Waals surface area contributed by atoms with Gasteiger partial charge in [0.25, 0.3) is 0 Å². The predicted octanol–water partition coefficient (Wildman–Crippen LogP) is 5.36. The molecule has 0 fully saturated rings. The Balaban J connectivity index is 2.34. The van der Waals surface area contributed by atoms with Crippen molar-refractivity contribution >= 4 is 45.4 Å². The fourth-order valence-corrected chi connectivity index (χ4v) is 2.16. The SMILES string of the molecule is O=Cc1ccc(Oc2cccc(Cl)c2Cl)c(Br)c1. The number of carbonyl (C=O) groups excluding carboxylic acids is 1. The van der Waals surface area contributed by atoms with E-state index in [1.165, 1.54) is 0 Å². The maximum Gasteiger partial charge on any atom is 0.150 e. The molecule has 0 heterocycles. The zero-order chi connectivity index (χ0) is 13.1. The fraction of sp³-hybridized carbons (Fsp3) is 0. The van der Waals surface area contributed by atoms with Crippen LogP contribution < -0.4 is 4.74 Å². The maximum atomic E-state index is 10.6. The van der Waals surface area contributed by atoms with Crippen LogP contribution >= 0.6 is 39.1 Å². The van der Waals surface area contributed by atoms with Gasteiger partial charge in [-0.3, -0.25) is 4.79 Å². The first-order valence-corrected chi connectivity index (χ1v) is 6.53. The van der Waals surface area contributed by atoms with Gasteiger partial charge in [-0.2, -0.15) is 0 Å². The molecule has 0 aliphatic heterocycles. The number of aldehydes is 1. The third-order valence-corrected chi connectivity index (χ3v) is 3.65. The van der Waals surface area contributed by atoms with E-state index in [1.807, 2.05) is 0 Å². The molecule has 2 aromatic rings. The summed E-state index contributed by atoms with van der Waals surface area (Å²) in [6.07, 6.45) is 0.765.